The first-order valence-electron chi connectivity index (χ1n) is 6.09. The number of benzene rings is 1. The molecule has 1 aliphatic heterocycles. The molecule has 1 heteroatoms. The minimum atomic E-state index is 0.199. The molecule has 0 aromatic heterocycles. The number of rotatable bonds is 2. The van der Waals surface area contributed by atoms with E-state index in [4.69, 9.17) is 4.74 Å². The topological polar surface area (TPSA) is 9.23 Å². The van der Waals surface area contributed by atoms with E-state index in [0.717, 1.165) is 25.9 Å². The van der Waals surface area contributed by atoms with E-state index in [9.17, 15) is 0 Å². The monoisotopic (exact) mass is 214 g/mol. The van der Waals surface area contributed by atoms with Gasteiger partial charge in [0, 0.05) is 13.0 Å². The van der Waals surface area contributed by atoms with Crippen LogP contribution in [0.3, 0.4) is 0 Å². The molecule has 1 unspecified atom stereocenters. The smallest absolute Gasteiger partial charge is 0.118 e. The summed E-state index contributed by atoms with van der Waals surface area (Å²) in [5.74, 6) is 6.45. The first-order chi connectivity index (χ1) is 7.95. The van der Waals surface area contributed by atoms with Crippen molar-refractivity contribution in [2.24, 2.45) is 0 Å². The number of hydrogen-bond acceptors (Lipinski definition) is 1. The molecule has 1 aromatic carbocycles. The van der Waals surface area contributed by atoms with E-state index >= 15 is 0 Å². The van der Waals surface area contributed by atoms with E-state index in [2.05, 4.69) is 36.1 Å². The third kappa shape index (κ3) is 3.72. The highest BCUT2D eigenvalue weighted by Gasteiger charge is 2.09. The van der Waals surface area contributed by atoms with E-state index in [1.807, 2.05) is 6.07 Å². The zero-order valence-electron chi connectivity index (χ0n) is 9.61. The predicted octanol–water partition coefficient (Wildman–Crippen LogP) is 3.19. The van der Waals surface area contributed by atoms with Crippen LogP contribution in [0.1, 0.15) is 31.2 Å². The molecule has 1 heterocycles. The molecule has 1 atom stereocenters. The third-order valence-corrected chi connectivity index (χ3v) is 2.82. The Hall–Kier alpha value is -1.26. The largest absolute Gasteiger partial charge is 0.366 e. The van der Waals surface area contributed by atoms with Gasteiger partial charge in [-0.3, -0.25) is 0 Å². The molecular formula is C15H18O. The van der Waals surface area contributed by atoms with Crippen molar-refractivity contribution in [2.75, 3.05) is 6.61 Å². The van der Waals surface area contributed by atoms with Gasteiger partial charge in [0.2, 0.25) is 0 Å². The third-order valence-electron chi connectivity index (χ3n) is 2.82. The highest BCUT2D eigenvalue weighted by atomic mass is 16.5. The summed E-state index contributed by atoms with van der Waals surface area (Å²) in [6.07, 6.45) is 5.74. The standard InChI is InChI=1S/C15H18O/c1-2-8-14(9-3-1)10-4-5-11-15-12-6-7-13-16-15/h1-3,8-9,15H,4,6-7,10,12-13H2. The second-order valence-electron chi connectivity index (χ2n) is 4.16. The molecule has 0 radical (unpaired) electrons. The molecule has 0 spiro atoms. The van der Waals surface area contributed by atoms with E-state index < -0.39 is 0 Å². The lowest BCUT2D eigenvalue weighted by Gasteiger charge is -2.17. The SMILES string of the molecule is C(#CC1CCCCO1)CCc1ccccc1. The van der Waals surface area contributed by atoms with Crippen LogP contribution in [0.2, 0.25) is 0 Å². The summed E-state index contributed by atoms with van der Waals surface area (Å²) < 4.78 is 5.56. The van der Waals surface area contributed by atoms with Crippen molar-refractivity contribution in [3.8, 4) is 11.8 Å². The van der Waals surface area contributed by atoms with Gasteiger partial charge in [0.1, 0.15) is 6.10 Å². The lowest BCUT2D eigenvalue weighted by Crippen LogP contribution is -2.16. The van der Waals surface area contributed by atoms with Gasteiger partial charge in [-0.05, 0) is 31.2 Å². The highest BCUT2D eigenvalue weighted by molar-refractivity contribution is 5.16. The van der Waals surface area contributed by atoms with Crippen molar-refractivity contribution in [3.63, 3.8) is 0 Å². The molecule has 0 aliphatic carbocycles. The van der Waals surface area contributed by atoms with Crippen molar-refractivity contribution < 1.29 is 4.74 Å². The Labute approximate surface area is 97.8 Å². The van der Waals surface area contributed by atoms with Gasteiger partial charge in [0.05, 0.1) is 0 Å². The highest BCUT2D eigenvalue weighted by Crippen LogP contribution is 2.11. The molecule has 1 nitrogen and oxygen atoms in total. The van der Waals surface area contributed by atoms with Crippen LogP contribution in [0.15, 0.2) is 30.3 Å². The average Bonchev–Trinajstić information content (AvgIpc) is 2.37. The summed E-state index contributed by atoms with van der Waals surface area (Å²) >= 11 is 0. The molecular weight excluding hydrogens is 196 g/mol. The maximum Gasteiger partial charge on any atom is 0.118 e. The van der Waals surface area contributed by atoms with Crippen LogP contribution in [0.5, 0.6) is 0 Å². The fraction of sp³-hybridized carbons (Fsp3) is 0.467. The van der Waals surface area contributed by atoms with Gasteiger partial charge in [-0.1, -0.05) is 36.3 Å². The Bertz CT molecular complexity index is 352. The van der Waals surface area contributed by atoms with E-state index in [1.54, 1.807) is 0 Å². The molecule has 1 fully saturated rings. The Morgan fingerprint density at radius 3 is 2.81 bits per heavy atom. The summed E-state index contributed by atoms with van der Waals surface area (Å²) in [4.78, 5) is 0. The van der Waals surface area contributed by atoms with Crippen molar-refractivity contribution in [2.45, 2.75) is 38.2 Å². The molecule has 0 bridgehead atoms. The van der Waals surface area contributed by atoms with Crippen LogP contribution in [0, 0.1) is 11.8 Å². The van der Waals surface area contributed by atoms with Crippen LogP contribution in [0.4, 0.5) is 0 Å². The zero-order chi connectivity index (χ0) is 11.1. The number of aryl methyl sites for hydroxylation is 1. The van der Waals surface area contributed by atoms with Gasteiger partial charge >= 0.3 is 0 Å². The molecule has 1 aromatic rings. The lowest BCUT2D eigenvalue weighted by molar-refractivity contribution is 0.0525. The molecule has 16 heavy (non-hydrogen) atoms. The number of ether oxygens (including phenoxy) is 1. The fourth-order valence-electron chi connectivity index (χ4n) is 1.89. The van der Waals surface area contributed by atoms with E-state index in [1.165, 1.54) is 18.4 Å². The van der Waals surface area contributed by atoms with E-state index in [-0.39, 0.29) is 6.10 Å². The normalized spacial score (nSPS) is 19.9. The van der Waals surface area contributed by atoms with Crippen LogP contribution in [-0.4, -0.2) is 12.7 Å². The minimum absolute atomic E-state index is 0.199. The van der Waals surface area contributed by atoms with Crippen molar-refractivity contribution in [3.05, 3.63) is 35.9 Å². The lowest BCUT2D eigenvalue weighted by atomic mass is 10.1. The molecule has 1 saturated heterocycles. The van der Waals surface area contributed by atoms with Crippen molar-refractivity contribution >= 4 is 0 Å². The first kappa shape index (κ1) is 11.2. The van der Waals surface area contributed by atoms with Gasteiger partial charge in [-0.2, -0.15) is 0 Å². The van der Waals surface area contributed by atoms with Gasteiger partial charge in [-0.25, -0.2) is 0 Å². The molecule has 0 amide bonds. The summed E-state index contributed by atoms with van der Waals surface area (Å²) in [6.45, 7) is 0.887. The summed E-state index contributed by atoms with van der Waals surface area (Å²) in [7, 11) is 0. The molecule has 2 rings (SSSR count). The van der Waals surface area contributed by atoms with Gasteiger partial charge < -0.3 is 4.74 Å². The molecule has 0 saturated carbocycles. The molecule has 84 valence electrons. The number of hydrogen-bond donors (Lipinski definition) is 0. The average molecular weight is 214 g/mol. The summed E-state index contributed by atoms with van der Waals surface area (Å²) in [5.41, 5.74) is 1.36. The summed E-state index contributed by atoms with van der Waals surface area (Å²) in [6, 6.07) is 10.5. The van der Waals surface area contributed by atoms with Crippen LogP contribution in [-0.2, 0) is 11.2 Å². The molecule has 1 aliphatic rings. The van der Waals surface area contributed by atoms with Gasteiger partial charge in [0.15, 0.2) is 0 Å². The Balaban J connectivity index is 1.73. The zero-order valence-corrected chi connectivity index (χ0v) is 9.61. The van der Waals surface area contributed by atoms with Gasteiger partial charge in [-0.15, -0.1) is 5.92 Å². The Morgan fingerprint density at radius 1 is 1.19 bits per heavy atom. The quantitative estimate of drug-likeness (QED) is 0.687. The van der Waals surface area contributed by atoms with Crippen molar-refractivity contribution in [1.82, 2.24) is 0 Å². The minimum Gasteiger partial charge on any atom is -0.366 e. The van der Waals surface area contributed by atoms with Crippen LogP contribution < -0.4 is 0 Å². The fourth-order valence-corrected chi connectivity index (χ4v) is 1.89. The van der Waals surface area contributed by atoms with Crippen molar-refractivity contribution in [1.29, 1.82) is 0 Å². The molecule has 0 N–H and O–H groups in total. The Kier molecular flexibility index (Phi) is 4.46. The maximum absolute atomic E-state index is 5.56. The van der Waals surface area contributed by atoms with Gasteiger partial charge in [0.25, 0.3) is 0 Å². The first-order valence-corrected chi connectivity index (χ1v) is 6.09. The second kappa shape index (κ2) is 6.35. The van der Waals surface area contributed by atoms with Crippen LogP contribution >= 0.6 is 0 Å². The second-order valence-corrected chi connectivity index (χ2v) is 4.16. The maximum atomic E-state index is 5.56. The predicted molar refractivity (Wildman–Crippen MR) is 66.1 cm³/mol. The van der Waals surface area contributed by atoms with E-state index in [0.29, 0.717) is 0 Å². The summed E-state index contributed by atoms with van der Waals surface area (Å²) in [5, 5.41) is 0. The Morgan fingerprint density at radius 2 is 2.06 bits per heavy atom. The van der Waals surface area contributed by atoms with Crippen LogP contribution in [0.25, 0.3) is 0 Å².